The molecule has 0 bridgehead atoms. The van der Waals surface area contributed by atoms with Crippen LogP contribution in [0.1, 0.15) is 51.4 Å². The number of ether oxygens (including phenoxy) is 3. The highest BCUT2D eigenvalue weighted by molar-refractivity contribution is 7.47. The summed E-state index contributed by atoms with van der Waals surface area (Å²) in [6, 6.07) is 0. The topological polar surface area (TPSA) is 205 Å². The van der Waals surface area contributed by atoms with E-state index in [4.69, 9.17) is 23.3 Å². The SMILES string of the molecule is C=CCCCCCCCCOP(=O)(O)O[C@H]1O[C@H](CO)[C@@H](O[C@@H]2O[C@H](CO)[C@H](O)[C@H](O)[C@H]2O)C[C@@H]1O. The van der Waals surface area contributed by atoms with Crippen molar-refractivity contribution in [1.29, 1.82) is 0 Å². The first-order valence-electron chi connectivity index (χ1n) is 12.3. The predicted octanol–water partition coefficient (Wildman–Crippen LogP) is -0.310. The van der Waals surface area contributed by atoms with E-state index in [1.807, 2.05) is 6.08 Å². The molecule has 1 unspecified atom stereocenters. The second-order valence-electron chi connectivity index (χ2n) is 9.01. The van der Waals surface area contributed by atoms with Crippen molar-refractivity contribution in [2.45, 2.75) is 107 Å². The van der Waals surface area contributed by atoms with Crippen molar-refractivity contribution < 1.29 is 63.4 Å². The van der Waals surface area contributed by atoms with E-state index >= 15 is 0 Å². The maximum absolute atomic E-state index is 12.3. The van der Waals surface area contributed by atoms with Crippen molar-refractivity contribution in [1.82, 2.24) is 0 Å². The highest BCUT2D eigenvalue weighted by Gasteiger charge is 2.48. The first-order chi connectivity index (χ1) is 17.1. The minimum absolute atomic E-state index is 0.0183. The molecule has 0 aromatic heterocycles. The maximum Gasteiger partial charge on any atom is 0.474 e. The molecule has 14 heteroatoms. The first-order valence-corrected chi connectivity index (χ1v) is 13.8. The Balaban J connectivity index is 1.80. The van der Waals surface area contributed by atoms with E-state index < -0.39 is 76.3 Å². The second kappa shape index (κ2) is 15.8. The van der Waals surface area contributed by atoms with E-state index in [0.717, 1.165) is 38.5 Å². The van der Waals surface area contributed by atoms with Gasteiger partial charge in [-0.15, -0.1) is 6.58 Å². The van der Waals surface area contributed by atoms with Gasteiger partial charge in [0.05, 0.1) is 25.9 Å². The lowest BCUT2D eigenvalue weighted by Crippen LogP contribution is -2.61. The van der Waals surface area contributed by atoms with Gasteiger partial charge in [0, 0.05) is 6.42 Å². The monoisotopic (exact) mass is 544 g/mol. The summed E-state index contributed by atoms with van der Waals surface area (Å²) in [6.45, 7) is 2.36. The van der Waals surface area contributed by atoms with E-state index in [9.17, 15) is 40.1 Å². The van der Waals surface area contributed by atoms with Gasteiger partial charge in [-0.2, -0.15) is 0 Å². The summed E-state index contributed by atoms with van der Waals surface area (Å²) in [7, 11) is -4.57. The van der Waals surface area contributed by atoms with Crippen molar-refractivity contribution in [2.24, 2.45) is 0 Å². The summed E-state index contributed by atoms with van der Waals surface area (Å²) in [6.07, 6.45) is -4.78. The quantitative estimate of drug-likeness (QED) is 0.0757. The molecular weight excluding hydrogens is 503 g/mol. The minimum Gasteiger partial charge on any atom is -0.394 e. The van der Waals surface area contributed by atoms with Gasteiger partial charge in [-0.3, -0.25) is 9.05 Å². The van der Waals surface area contributed by atoms with Gasteiger partial charge >= 0.3 is 7.82 Å². The Bertz CT molecular complexity index is 680. The average Bonchev–Trinajstić information content (AvgIpc) is 2.84. The number of phosphoric ester groups is 1. The fourth-order valence-corrected chi connectivity index (χ4v) is 4.92. The van der Waals surface area contributed by atoms with Crippen LogP contribution in [0.25, 0.3) is 0 Å². The summed E-state index contributed by atoms with van der Waals surface area (Å²) in [5, 5.41) is 59.3. The summed E-state index contributed by atoms with van der Waals surface area (Å²) in [4.78, 5) is 10.0. The Morgan fingerprint density at radius 3 is 2.11 bits per heavy atom. The van der Waals surface area contributed by atoms with Gasteiger partial charge in [0.2, 0.25) is 0 Å². The van der Waals surface area contributed by atoms with Crippen LogP contribution in [-0.2, 0) is 27.8 Å². The van der Waals surface area contributed by atoms with E-state index in [1.165, 1.54) is 0 Å². The maximum atomic E-state index is 12.3. The van der Waals surface area contributed by atoms with Gasteiger partial charge in [-0.25, -0.2) is 4.57 Å². The van der Waals surface area contributed by atoms with Crippen molar-refractivity contribution in [3.8, 4) is 0 Å². The van der Waals surface area contributed by atoms with Gasteiger partial charge in [0.1, 0.15) is 36.6 Å². The van der Waals surface area contributed by atoms with Crippen LogP contribution in [0.4, 0.5) is 0 Å². The Morgan fingerprint density at radius 2 is 1.47 bits per heavy atom. The molecule has 0 aliphatic carbocycles. The van der Waals surface area contributed by atoms with Crippen LogP contribution >= 0.6 is 7.82 Å². The Kier molecular flexibility index (Phi) is 13.9. The zero-order valence-electron chi connectivity index (χ0n) is 20.3. The molecule has 36 heavy (non-hydrogen) atoms. The number of phosphoric acid groups is 1. The molecule has 0 spiro atoms. The zero-order chi connectivity index (χ0) is 26.7. The molecule has 2 aliphatic heterocycles. The molecule has 0 radical (unpaired) electrons. The molecule has 10 atom stereocenters. The summed E-state index contributed by atoms with van der Waals surface area (Å²) in [5.74, 6) is 0. The summed E-state index contributed by atoms with van der Waals surface area (Å²) >= 11 is 0. The molecule has 0 saturated carbocycles. The van der Waals surface area contributed by atoms with Gasteiger partial charge in [0.15, 0.2) is 12.6 Å². The van der Waals surface area contributed by atoms with Crippen molar-refractivity contribution in [2.75, 3.05) is 19.8 Å². The molecule has 0 aromatic rings. The Morgan fingerprint density at radius 1 is 0.861 bits per heavy atom. The second-order valence-corrected chi connectivity index (χ2v) is 10.4. The van der Waals surface area contributed by atoms with E-state index in [1.54, 1.807) is 0 Å². The molecule has 2 rings (SSSR count). The molecule has 2 fully saturated rings. The highest BCUT2D eigenvalue weighted by Crippen LogP contribution is 2.46. The molecule has 0 amide bonds. The number of hydrogen-bond donors (Lipinski definition) is 7. The largest absolute Gasteiger partial charge is 0.474 e. The Hall–Kier alpha value is -0.510. The third kappa shape index (κ3) is 9.66. The lowest BCUT2D eigenvalue weighted by molar-refractivity contribution is -0.337. The lowest BCUT2D eigenvalue weighted by atomic mass is 9.98. The van der Waals surface area contributed by atoms with Gasteiger partial charge < -0.3 is 49.7 Å². The smallest absolute Gasteiger partial charge is 0.394 e. The number of rotatable bonds is 16. The molecule has 0 aromatic carbocycles. The van der Waals surface area contributed by atoms with Crippen molar-refractivity contribution in [3.63, 3.8) is 0 Å². The van der Waals surface area contributed by atoms with Gasteiger partial charge in [0.25, 0.3) is 0 Å². The van der Waals surface area contributed by atoms with E-state index in [-0.39, 0.29) is 13.0 Å². The van der Waals surface area contributed by atoms with Crippen molar-refractivity contribution in [3.05, 3.63) is 12.7 Å². The Labute approximate surface area is 210 Å². The van der Waals surface area contributed by atoms with Gasteiger partial charge in [-0.05, 0) is 19.3 Å². The van der Waals surface area contributed by atoms with Crippen LogP contribution < -0.4 is 0 Å². The first kappa shape index (κ1) is 31.7. The van der Waals surface area contributed by atoms with Crippen LogP contribution in [0.5, 0.6) is 0 Å². The van der Waals surface area contributed by atoms with Crippen LogP contribution in [0.15, 0.2) is 12.7 Å². The number of allylic oxidation sites excluding steroid dienone is 1. The van der Waals surface area contributed by atoms with E-state index in [2.05, 4.69) is 6.58 Å². The zero-order valence-corrected chi connectivity index (χ0v) is 21.2. The third-order valence-corrected chi connectivity index (χ3v) is 7.13. The molecule has 2 heterocycles. The fourth-order valence-electron chi connectivity index (χ4n) is 4.04. The number of aliphatic hydroxyl groups excluding tert-OH is 6. The summed E-state index contributed by atoms with van der Waals surface area (Å²) in [5.41, 5.74) is 0. The summed E-state index contributed by atoms with van der Waals surface area (Å²) < 4.78 is 38.5. The van der Waals surface area contributed by atoms with Crippen LogP contribution in [0, 0.1) is 0 Å². The van der Waals surface area contributed by atoms with Gasteiger partial charge in [-0.1, -0.05) is 31.8 Å². The van der Waals surface area contributed by atoms with E-state index in [0.29, 0.717) is 6.42 Å². The highest BCUT2D eigenvalue weighted by atomic mass is 31.2. The average molecular weight is 545 g/mol. The minimum atomic E-state index is -4.57. The normalized spacial score (nSPS) is 36.9. The fraction of sp³-hybridized carbons (Fsp3) is 0.909. The molecule has 2 saturated heterocycles. The number of aliphatic hydroxyl groups is 6. The lowest BCUT2D eigenvalue weighted by Gasteiger charge is -2.44. The molecule has 212 valence electrons. The molecule has 7 N–H and O–H groups in total. The number of unbranched alkanes of at least 4 members (excludes halogenated alkanes) is 6. The standard InChI is InChI=1S/C22H41O13P/c1-2-3-4-5-6-7-8-9-10-31-36(29,30)35-21-14(25)11-15(16(12-23)33-21)32-22-20(28)19(27)18(26)17(13-24)34-22/h2,14-28H,1,3-13H2,(H,29,30)/t14-,15-,16+,17+,18-,19-,20+,21+,22+/m0/s1. The van der Waals surface area contributed by atoms with Crippen molar-refractivity contribution >= 4 is 7.82 Å². The molecule has 13 nitrogen and oxygen atoms in total. The predicted molar refractivity (Wildman–Crippen MR) is 124 cm³/mol. The molecular formula is C22H41O13P. The molecule has 2 aliphatic rings. The van der Waals surface area contributed by atoms with Crippen LogP contribution in [0.2, 0.25) is 0 Å². The van der Waals surface area contributed by atoms with Crippen LogP contribution in [0.3, 0.4) is 0 Å². The number of hydrogen-bond acceptors (Lipinski definition) is 12. The van der Waals surface area contributed by atoms with Crippen LogP contribution in [-0.4, -0.2) is 111 Å². The third-order valence-electron chi connectivity index (χ3n) is 6.14.